The van der Waals surface area contributed by atoms with Crippen LogP contribution in [0.1, 0.15) is 52.4 Å². The number of hydrogen-bond donors (Lipinski definition) is 1. The van der Waals surface area contributed by atoms with Crippen LogP contribution in [0, 0.1) is 5.92 Å². The Morgan fingerprint density at radius 1 is 1.38 bits per heavy atom. The molecular formula is C13H25N3. The van der Waals surface area contributed by atoms with Crippen molar-refractivity contribution in [2.24, 2.45) is 5.92 Å². The highest BCUT2D eigenvalue weighted by Gasteiger charge is 2.21. The third-order valence-corrected chi connectivity index (χ3v) is 3.10. The van der Waals surface area contributed by atoms with Crippen LogP contribution in [0.25, 0.3) is 0 Å². The SMILES string of the molecule is CCCC(C)C(NCC)c1nccn1CC. The number of aryl methyl sites for hydroxylation is 1. The van der Waals surface area contributed by atoms with E-state index in [0.29, 0.717) is 12.0 Å². The van der Waals surface area contributed by atoms with E-state index in [1.165, 1.54) is 18.7 Å². The van der Waals surface area contributed by atoms with Gasteiger partial charge in [0.15, 0.2) is 0 Å². The van der Waals surface area contributed by atoms with Crippen molar-refractivity contribution >= 4 is 0 Å². The molecule has 0 aliphatic heterocycles. The molecule has 0 saturated carbocycles. The van der Waals surface area contributed by atoms with Gasteiger partial charge in [-0.05, 0) is 25.8 Å². The van der Waals surface area contributed by atoms with Crippen LogP contribution < -0.4 is 5.32 Å². The second kappa shape index (κ2) is 6.69. The van der Waals surface area contributed by atoms with Crippen LogP contribution in [0.5, 0.6) is 0 Å². The van der Waals surface area contributed by atoms with E-state index in [1.807, 2.05) is 6.20 Å². The predicted octanol–water partition coefficient (Wildman–Crippen LogP) is 2.99. The molecule has 1 aromatic heterocycles. The van der Waals surface area contributed by atoms with Crippen molar-refractivity contribution in [2.45, 2.75) is 53.1 Å². The van der Waals surface area contributed by atoms with E-state index >= 15 is 0 Å². The third-order valence-electron chi connectivity index (χ3n) is 3.10. The molecule has 0 fully saturated rings. The Morgan fingerprint density at radius 3 is 2.69 bits per heavy atom. The van der Waals surface area contributed by atoms with Gasteiger partial charge in [-0.15, -0.1) is 0 Å². The molecule has 0 radical (unpaired) electrons. The number of rotatable bonds is 7. The van der Waals surface area contributed by atoms with Crippen LogP contribution in [-0.4, -0.2) is 16.1 Å². The van der Waals surface area contributed by atoms with Gasteiger partial charge in [-0.1, -0.05) is 27.2 Å². The molecule has 3 heteroatoms. The third kappa shape index (κ3) is 3.08. The summed E-state index contributed by atoms with van der Waals surface area (Å²) in [7, 11) is 0. The molecule has 0 spiro atoms. The molecule has 1 rings (SSSR count). The number of nitrogens with zero attached hydrogens (tertiary/aromatic N) is 2. The Labute approximate surface area is 99.3 Å². The minimum Gasteiger partial charge on any atom is -0.334 e. The van der Waals surface area contributed by atoms with Crippen molar-refractivity contribution in [3.05, 3.63) is 18.2 Å². The minimum atomic E-state index is 0.389. The molecule has 92 valence electrons. The molecule has 0 aliphatic rings. The molecule has 0 aliphatic carbocycles. The summed E-state index contributed by atoms with van der Waals surface area (Å²) in [6.07, 6.45) is 6.45. The first-order valence-electron chi connectivity index (χ1n) is 6.48. The van der Waals surface area contributed by atoms with Crippen molar-refractivity contribution in [1.82, 2.24) is 14.9 Å². The van der Waals surface area contributed by atoms with Gasteiger partial charge in [-0.25, -0.2) is 4.98 Å². The summed E-state index contributed by atoms with van der Waals surface area (Å²) in [6, 6.07) is 0.389. The van der Waals surface area contributed by atoms with Crippen LogP contribution in [-0.2, 0) is 6.54 Å². The molecule has 1 N–H and O–H groups in total. The average Bonchev–Trinajstić information content (AvgIpc) is 2.73. The number of imidazole rings is 1. The first kappa shape index (κ1) is 13.2. The van der Waals surface area contributed by atoms with Gasteiger partial charge >= 0.3 is 0 Å². The molecule has 2 atom stereocenters. The molecular weight excluding hydrogens is 198 g/mol. The second-order valence-electron chi connectivity index (χ2n) is 4.37. The van der Waals surface area contributed by atoms with Crippen molar-refractivity contribution in [3.63, 3.8) is 0 Å². The van der Waals surface area contributed by atoms with Crippen molar-refractivity contribution in [2.75, 3.05) is 6.54 Å². The van der Waals surface area contributed by atoms with Crippen LogP contribution in [0.15, 0.2) is 12.4 Å². The normalized spacial score (nSPS) is 15.0. The lowest BCUT2D eigenvalue weighted by molar-refractivity contribution is 0.346. The zero-order chi connectivity index (χ0) is 12.0. The Morgan fingerprint density at radius 2 is 2.12 bits per heavy atom. The van der Waals surface area contributed by atoms with Gasteiger partial charge < -0.3 is 9.88 Å². The van der Waals surface area contributed by atoms with Gasteiger partial charge in [0.05, 0.1) is 6.04 Å². The summed E-state index contributed by atoms with van der Waals surface area (Å²) in [5.41, 5.74) is 0. The Bertz CT molecular complexity index is 293. The fourth-order valence-electron chi connectivity index (χ4n) is 2.26. The molecule has 0 aromatic carbocycles. The summed E-state index contributed by atoms with van der Waals surface area (Å²) in [6.45, 7) is 10.9. The maximum absolute atomic E-state index is 4.51. The molecule has 0 bridgehead atoms. The van der Waals surface area contributed by atoms with E-state index in [-0.39, 0.29) is 0 Å². The highest BCUT2D eigenvalue weighted by atomic mass is 15.1. The topological polar surface area (TPSA) is 29.9 Å². The van der Waals surface area contributed by atoms with Gasteiger partial charge in [0.25, 0.3) is 0 Å². The first-order chi connectivity index (χ1) is 7.74. The number of nitrogens with one attached hydrogen (secondary N) is 1. The lowest BCUT2D eigenvalue weighted by Crippen LogP contribution is -2.29. The molecule has 2 unspecified atom stereocenters. The highest BCUT2D eigenvalue weighted by Crippen LogP contribution is 2.24. The van der Waals surface area contributed by atoms with E-state index in [1.54, 1.807) is 0 Å². The quantitative estimate of drug-likeness (QED) is 0.770. The fraction of sp³-hybridized carbons (Fsp3) is 0.769. The van der Waals surface area contributed by atoms with E-state index in [4.69, 9.17) is 0 Å². The van der Waals surface area contributed by atoms with E-state index in [2.05, 4.69) is 48.8 Å². The molecule has 0 saturated heterocycles. The van der Waals surface area contributed by atoms with E-state index in [0.717, 1.165) is 13.1 Å². The van der Waals surface area contributed by atoms with Crippen LogP contribution in [0.2, 0.25) is 0 Å². The molecule has 0 amide bonds. The molecule has 3 nitrogen and oxygen atoms in total. The van der Waals surface area contributed by atoms with Gasteiger partial charge in [0.2, 0.25) is 0 Å². The van der Waals surface area contributed by atoms with Gasteiger partial charge in [-0.3, -0.25) is 0 Å². The summed E-state index contributed by atoms with van der Waals surface area (Å²) in [5, 5.41) is 3.56. The van der Waals surface area contributed by atoms with Crippen LogP contribution >= 0.6 is 0 Å². The molecule has 1 heterocycles. The zero-order valence-electron chi connectivity index (χ0n) is 11.0. The largest absolute Gasteiger partial charge is 0.334 e. The van der Waals surface area contributed by atoms with Crippen molar-refractivity contribution in [3.8, 4) is 0 Å². The maximum Gasteiger partial charge on any atom is 0.126 e. The minimum absolute atomic E-state index is 0.389. The summed E-state index contributed by atoms with van der Waals surface area (Å²) >= 11 is 0. The van der Waals surface area contributed by atoms with Crippen LogP contribution in [0.4, 0.5) is 0 Å². The Kier molecular flexibility index (Phi) is 5.53. The van der Waals surface area contributed by atoms with Gasteiger partial charge in [0, 0.05) is 18.9 Å². The van der Waals surface area contributed by atoms with Crippen molar-refractivity contribution in [1.29, 1.82) is 0 Å². The molecule has 1 aromatic rings. The Hall–Kier alpha value is -0.830. The smallest absolute Gasteiger partial charge is 0.126 e. The summed E-state index contributed by atoms with van der Waals surface area (Å²) in [5.74, 6) is 1.82. The lowest BCUT2D eigenvalue weighted by atomic mass is 9.96. The maximum atomic E-state index is 4.51. The summed E-state index contributed by atoms with van der Waals surface area (Å²) < 4.78 is 2.24. The predicted molar refractivity (Wildman–Crippen MR) is 68.4 cm³/mol. The lowest BCUT2D eigenvalue weighted by Gasteiger charge is -2.24. The first-order valence-corrected chi connectivity index (χ1v) is 6.48. The second-order valence-corrected chi connectivity index (χ2v) is 4.37. The average molecular weight is 223 g/mol. The van der Waals surface area contributed by atoms with E-state index < -0.39 is 0 Å². The fourth-order valence-corrected chi connectivity index (χ4v) is 2.26. The highest BCUT2D eigenvalue weighted by molar-refractivity contribution is 5.01. The standard InChI is InChI=1S/C13H25N3/c1-5-8-11(4)12(14-6-2)13-15-9-10-16(13)7-3/h9-12,14H,5-8H2,1-4H3. The van der Waals surface area contributed by atoms with Crippen LogP contribution in [0.3, 0.4) is 0 Å². The number of aromatic nitrogens is 2. The van der Waals surface area contributed by atoms with E-state index in [9.17, 15) is 0 Å². The van der Waals surface area contributed by atoms with Gasteiger partial charge in [-0.2, -0.15) is 0 Å². The Balaban J connectivity index is 2.83. The van der Waals surface area contributed by atoms with Gasteiger partial charge in [0.1, 0.15) is 5.82 Å². The molecule has 16 heavy (non-hydrogen) atoms. The number of hydrogen-bond acceptors (Lipinski definition) is 2. The monoisotopic (exact) mass is 223 g/mol. The van der Waals surface area contributed by atoms with Crippen molar-refractivity contribution < 1.29 is 0 Å². The summed E-state index contributed by atoms with van der Waals surface area (Å²) in [4.78, 5) is 4.51. The zero-order valence-corrected chi connectivity index (χ0v) is 11.0.